The van der Waals surface area contributed by atoms with Crippen LogP contribution in [-0.4, -0.2) is 13.0 Å². The zero-order valence-corrected chi connectivity index (χ0v) is 7.61. The topological polar surface area (TPSA) is 55.1 Å². The molecule has 0 atom stereocenters. The van der Waals surface area contributed by atoms with Gasteiger partial charge in [0.2, 0.25) is 5.91 Å². The van der Waals surface area contributed by atoms with Gasteiger partial charge >= 0.3 is 0 Å². The number of hydrogen-bond acceptors (Lipinski definition) is 2. The van der Waals surface area contributed by atoms with E-state index in [-0.39, 0.29) is 5.91 Å². The van der Waals surface area contributed by atoms with Crippen molar-refractivity contribution in [3.63, 3.8) is 0 Å². The second kappa shape index (κ2) is 9.01. The Bertz CT molecular complexity index is 121. The van der Waals surface area contributed by atoms with E-state index in [1.165, 1.54) is 0 Å². The minimum Gasteiger partial charge on any atom is -0.392 e. The second-order valence-corrected chi connectivity index (χ2v) is 1.82. The number of hydrogen-bond donors (Lipinski definition) is 2. The fourth-order valence-corrected chi connectivity index (χ4v) is 0.399. The minimum absolute atomic E-state index is 0.286. The van der Waals surface area contributed by atoms with Gasteiger partial charge in [0.25, 0.3) is 0 Å². The molecule has 0 aliphatic heterocycles. The van der Waals surface area contributed by atoms with E-state index >= 15 is 0 Å². The maximum atomic E-state index is 10.2. The number of amides is 1. The molecule has 0 rings (SSSR count). The van der Waals surface area contributed by atoms with Crippen LogP contribution in [-0.2, 0) is 4.79 Å². The quantitative estimate of drug-likeness (QED) is 0.641. The van der Waals surface area contributed by atoms with Gasteiger partial charge in [0.15, 0.2) is 0 Å². The summed E-state index contributed by atoms with van der Waals surface area (Å²) in [6.45, 7) is 7.63. The minimum atomic E-state index is -0.286. The Kier molecular flexibility index (Phi) is 10.4. The van der Waals surface area contributed by atoms with Crippen LogP contribution in [0, 0.1) is 0 Å². The molecular weight excluding hydrogens is 140 g/mol. The first-order valence-electron chi connectivity index (χ1n) is 3.80. The molecule has 0 unspecified atom stereocenters. The molecule has 3 heteroatoms. The highest BCUT2D eigenvalue weighted by Gasteiger charge is 1.94. The predicted octanol–water partition coefficient (Wildman–Crippen LogP) is 1.01. The second-order valence-electron chi connectivity index (χ2n) is 1.82. The summed E-state index contributed by atoms with van der Waals surface area (Å²) in [7, 11) is 1.77. The van der Waals surface area contributed by atoms with Crippen molar-refractivity contribution >= 4 is 5.91 Å². The van der Waals surface area contributed by atoms with Gasteiger partial charge in [-0.3, -0.25) is 4.79 Å². The SMILES string of the molecule is C=C(CCC(N)=O)NC.CC. The summed E-state index contributed by atoms with van der Waals surface area (Å²) < 4.78 is 0. The largest absolute Gasteiger partial charge is 0.392 e. The highest BCUT2D eigenvalue weighted by molar-refractivity contribution is 5.73. The molecule has 0 aliphatic rings. The molecule has 0 saturated carbocycles. The van der Waals surface area contributed by atoms with Gasteiger partial charge in [-0.1, -0.05) is 20.4 Å². The summed E-state index contributed by atoms with van der Waals surface area (Å²) in [6, 6.07) is 0. The molecule has 0 spiro atoms. The van der Waals surface area contributed by atoms with Gasteiger partial charge in [-0.2, -0.15) is 0 Å². The molecule has 3 nitrogen and oxygen atoms in total. The third kappa shape index (κ3) is 12.3. The van der Waals surface area contributed by atoms with Crippen molar-refractivity contribution in [3.05, 3.63) is 12.3 Å². The van der Waals surface area contributed by atoms with Gasteiger partial charge < -0.3 is 11.1 Å². The first-order valence-corrected chi connectivity index (χ1v) is 3.80. The van der Waals surface area contributed by atoms with E-state index in [9.17, 15) is 4.79 Å². The van der Waals surface area contributed by atoms with Crippen molar-refractivity contribution < 1.29 is 4.79 Å². The van der Waals surface area contributed by atoms with Crippen LogP contribution in [0.5, 0.6) is 0 Å². The fraction of sp³-hybridized carbons (Fsp3) is 0.625. The van der Waals surface area contributed by atoms with Crippen LogP contribution in [0.3, 0.4) is 0 Å². The Morgan fingerprint density at radius 3 is 2.18 bits per heavy atom. The summed E-state index contributed by atoms with van der Waals surface area (Å²) in [5.74, 6) is -0.286. The van der Waals surface area contributed by atoms with Gasteiger partial charge in [-0.05, 0) is 6.42 Å². The highest BCUT2D eigenvalue weighted by Crippen LogP contribution is 1.94. The van der Waals surface area contributed by atoms with Gasteiger partial charge in [-0.15, -0.1) is 0 Å². The molecule has 1 amide bonds. The lowest BCUT2D eigenvalue weighted by atomic mass is 10.2. The fourth-order valence-electron chi connectivity index (χ4n) is 0.399. The zero-order valence-electron chi connectivity index (χ0n) is 7.61. The molecule has 0 aromatic rings. The lowest BCUT2D eigenvalue weighted by molar-refractivity contribution is -0.118. The van der Waals surface area contributed by atoms with E-state index < -0.39 is 0 Å². The van der Waals surface area contributed by atoms with E-state index in [0.29, 0.717) is 12.8 Å². The van der Waals surface area contributed by atoms with Gasteiger partial charge in [-0.25, -0.2) is 0 Å². The highest BCUT2D eigenvalue weighted by atomic mass is 16.1. The van der Waals surface area contributed by atoms with E-state index in [2.05, 4.69) is 11.9 Å². The van der Waals surface area contributed by atoms with Crippen LogP contribution in [0.4, 0.5) is 0 Å². The Morgan fingerprint density at radius 2 is 1.91 bits per heavy atom. The summed E-state index contributed by atoms with van der Waals surface area (Å²) in [5, 5.41) is 2.82. The average Bonchev–Trinajstić information content (AvgIpc) is 2.04. The average molecular weight is 158 g/mol. The summed E-state index contributed by atoms with van der Waals surface area (Å²) in [5.41, 5.74) is 5.73. The van der Waals surface area contributed by atoms with Crippen molar-refractivity contribution in [2.45, 2.75) is 26.7 Å². The maximum absolute atomic E-state index is 10.2. The summed E-state index contributed by atoms with van der Waals surface area (Å²) >= 11 is 0. The Morgan fingerprint density at radius 1 is 1.45 bits per heavy atom. The van der Waals surface area contributed by atoms with E-state index in [0.717, 1.165) is 5.70 Å². The first kappa shape index (κ1) is 12.7. The van der Waals surface area contributed by atoms with Crippen molar-refractivity contribution in [1.29, 1.82) is 0 Å². The Balaban J connectivity index is 0. The number of allylic oxidation sites excluding steroid dienone is 1. The molecule has 0 saturated heterocycles. The van der Waals surface area contributed by atoms with Crippen molar-refractivity contribution in [2.75, 3.05) is 7.05 Å². The number of nitrogens with two attached hydrogens (primary N) is 1. The molecule has 3 N–H and O–H groups in total. The summed E-state index contributed by atoms with van der Waals surface area (Å²) in [4.78, 5) is 10.2. The normalized spacial score (nSPS) is 7.55. The number of carbonyl (C=O) groups is 1. The van der Waals surface area contributed by atoms with Crippen molar-refractivity contribution in [3.8, 4) is 0 Å². The van der Waals surface area contributed by atoms with E-state index in [4.69, 9.17) is 5.73 Å². The molecule has 11 heavy (non-hydrogen) atoms. The predicted molar refractivity (Wildman–Crippen MR) is 48.0 cm³/mol. The molecule has 0 aliphatic carbocycles. The van der Waals surface area contributed by atoms with E-state index in [1.54, 1.807) is 7.05 Å². The summed E-state index contributed by atoms with van der Waals surface area (Å²) in [6.07, 6.45) is 1.01. The van der Waals surface area contributed by atoms with Crippen molar-refractivity contribution in [1.82, 2.24) is 5.32 Å². The number of primary amides is 1. The van der Waals surface area contributed by atoms with Gasteiger partial charge in [0.1, 0.15) is 0 Å². The molecule has 0 aromatic heterocycles. The smallest absolute Gasteiger partial charge is 0.217 e. The zero-order chi connectivity index (χ0) is 9.28. The molecular formula is C8H18N2O. The molecule has 0 aromatic carbocycles. The molecule has 66 valence electrons. The van der Waals surface area contributed by atoms with Crippen LogP contribution >= 0.6 is 0 Å². The molecule has 0 heterocycles. The van der Waals surface area contributed by atoms with Gasteiger partial charge in [0.05, 0.1) is 0 Å². The third-order valence-electron chi connectivity index (χ3n) is 1.03. The van der Waals surface area contributed by atoms with E-state index in [1.807, 2.05) is 13.8 Å². The first-order chi connectivity index (χ1) is 5.16. The monoisotopic (exact) mass is 158 g/mol. The number of nitrogens with one attached hydrogen (secondary N) is 1. The number of rotatable bonds is 4. The molecule has 0 fully saturated rings. The van der Waals surface area contributed by atoms with Crippen LogP contribution in [0.1, 0.15) is 26.7 Å². The maximum Gasteiger partial charge on any atom is 0.217 e. The van der Waals surface area contributed by atoms with Gasteiger partial charge in [0, 0.05) is 19.2 Å². The van der Waals surface area contributed by atoms with Crippen LogP contribution in [0.25, 0.3) is 0 Å². The molecule has 0 bridgehead atoms. The third-order valence-corrected chi connectivity index (χ3v) is 1.03. The lowest BCUT2D eigenvalue weighted by Gasteiger charge is -2.00. The van der Waals surface area contributed by atoms with Crippen LogP contribution in [0.2, 0.25) is 0 Å². The van der Waals surface area contributed by atoms with Crippen LogP contribution < -0.4 is 11.1 Å². The van der Waals surface area contributed by atoms with Crippen LogP contribution in [0.15, 0.2) is 12.3 Å². The Hall–Kier alpha value is -0.990. The molecule has 0 radical (unpaired) electrons. The Labute approximate surface area is 68.7 Å². The number of carbonyl (C=O) groups excluding carboxylic acids is 1. The lowest BCUT2D eigenvalue weighted by Crippen LogP contribution is -2.13. The standard InChI is InChI=1S/C6H12N2O.C2H6/c1-5(8-2)3-4-6(7)9;1-2/h8H,1,3-4H2,2H3,(H2,7,9);1-2H3. The van der Waals surface area contributed by atoms with Crippen molar-refractivity contribution in [2.24, 2.45) is 5.73 Å².